The molecule has 6 heteroatoms. The molecule has 0 bridgehead atoms. The number of hydrogen-bond donors (Lipinski definition) is 1. The number of carbonyl (C=O) groups excluding carboxylic acids is 3. The molecule has 3 amide bonds. The van der Waals surface area contributed by atoms with Crippen molar-refractivity contribution in [2.75, 3.05) is 16.8 Å². The van der Waals surface area contributed by atoms with Gasteiger partial charge in [0.25, 0.3) is 17.7 Å². The number of ether oxygens (including phenoxy) is 1. The monoisotopic (exact) mass is 422 g/mol. The van der Waals surface area contributed by atoms with Crippen molar-refractivity contribution in [2.24, 2.45) is 0 Å². The molecule has 0 aliphatic carbocycles. The van der Waals surface area contributed by atoms with Crippen molar-refractivity contribution in [1.82, 2.24) is 0 Å². The predicted octanol–water partition coefficient (Wildman–Crippen LogP) is 4.66. The van der Waals surface area contributed by atoms with Crippen LogP contribution in [-0.4, -0.2) is 24.3 Å². The van der Waals surface area contributed by atoms with Gasteiger partial charge < -0.3 is 10.1 Å². The van der Waals surface area contributed by atoms with Gasteiger partial charge in [0, 0.05) is 5.69 Å². The average Bonchev–Trinajstić information content (AvgIpc) is 3.08. The van der Waals surface area contributed by atoms with Crippen molar-refractivity contribution in [3.05, 3.63) is 102 Å². The van der Waals surface area contributed by atoms with E-state index >= 15 is 0 Å². The van der Waals surface area contributed by atoms with Crippen LogP contribution in [-0.2, 0) is 4.79 Å². The fourth-order valence-corrected chi connectivity index (χ4v) is 3.75. The predicted molar refractivity (Wildman–Crippen MR) is 122 cm³/mol. The summed E-state index contributed by atoms with van der Waals surface area (Å²) in [5.41, 5.74) is 1.60. The Morgan fingerprint density at radius 2 is 1.44 bits per heavy atom. The second kappa shape index (κ2) is 8.00. The van der Waals surface area contributed by atoms with Crippen molar-refractivity contribution in [3.63, 3.8) is 0 Å². The molecule has 0 unspecified atom stereocenters. The second-order valence-electron chi connectivity index (χ2n) is 7.39. The number of fused-ring (bicyclic) bond motifs is 2. The van der Waals surface area contributed by atoms with Crippen LogP contribution in [0.1, 0.15) is 20.7 Å². The lowest BCUT2D eigenvalue weighted by molar-refractivity contribution is -0.118. The molecular formula is C26H18N2O4. The number of nitrogens with zero attached hydrogens (tertiary/aromatic N) is 1. The normalized spacial score (nSPS) is 12.7. The fourth-order valence-electron chi connectivity index (χ4n) is 3.75. The van der Waals surface area contributed by atoms with Crippen molar-refractivity contribution < 1.29 is 19.1 Å². The van der Waals surface area contributed by atoms with E-state index in [2.05, 4.69) is 5.32 Å². The lowest BCUT2D eigenvalue weighted by atomic mass is 10.1. The molecule has 0 fully saturated rings. The molecule has 156 valence electrons. The van der Waals surface area contributed by atoms with E-state index in [9.17, 15) is 14.4 Å². The minimum Gasteiger partial charge on any atom is -0.484 e. The Labute approximate surface area is 184 Å². The zero-order chi connectivity index (χ0) is 22.1. The van der Waals surface area contributed by atoms with Crippen LogP contribution in [0.25, 0.3) is 10.8 Å². The van der Waals surface area contributed by atoms with E-state index in [0.717, 1.165) is 15.7 Å². The summed E-state index contributed by atoms with van der Waals surface area (Å²) >= 11 is 0. The van der Waals surface area contributed by atoms with Gasteiger partial charge in [-0.3, -0.25) is 14.4 Å². The Hall–Kier alpha value is -4.45. The largest absolute Gasteiger partial charge is 0.484 e. The molecule has 0 radical (unpaired) electrons. The molecule has 32 heavy (non-hydrogen) atoms. The molecule has 0 aromatic heterocycles. The van der Waals surface area contributed by atoms with E-state index in [-0.39, 0.29) is 24.3 Å². The SMILES string of the molecule is O=C(COc1ccc2ccccc2c1)Nc1cccc(N2C(=O)c3ccccc3C2=O)c1. The summed E-state index contributed by atoms with van der Waals surface area (Å²) in [6.07, 6.45) is 0. The van der Waals surface area contributed by atoms with Crippen LogP contribution in [0.3, 0.4) is 0 Å². The summed E-state index contributed by atoms with van der Waals surface area (Å²) in [6, 6.07) is 26.9. The van der Waals surface area contributed by atoms with Crippen LogP contribution in [0.4, 0.5) is 11.4 Å². The quantitative estimate of drug-likeness (QED) is 0.475. The highest BCUT2D eigenvalue weighted by atomic mass is 16.5. The third kappa shape index (κ3) is 3.58. The van der Waals surface area contributed by atoms with Crippen molar-refractivity contribution >= 4 is 39.9 Å². The van der Waals surface area contributed by atoms with Gasteiger partial charge in [-0.25, -0.2) is 4.90 Å². The lowest BCUT2D eigenvalue weighted by Crippen LogP contribution is -2.29. The molecule has 6 nitrogen and oxygen atoms in total. The summed E-state index contributed by atoms with van der Waals surface area (Å²) in [6.45, 7) is -0.171. The Kier molecular flexibility index (Phi) is 4.88. The number of nitrogens with one attached hydrogen (secondary N) is 1. The number of hydrogen-bond acceptors (Lipinski definition) is 4. The molecule has 1 N–H and O–H groups in total. The molecule has 1 heterocycles. The standard InChI is InChI=1S/C26H18N2O4/c29-24(16-32-21-13-12-17-6-1-2-7-18(17)14-21)27-19-8-5-9-20(15-19)28-25(30)22-10-3-4-11-23(22)26(28)31/h1-15H,16H2,(H,27,29). The van der Waals surface area contributed by atoms with Crippen molar-refractivity contribution in [1.29, 1.82) is 0 Å². The highest BCUT2D eigenvalue weighted by molar-refractivity contribution is 6.34. The van der Waals surface area contributed by atoms with E-state index in [4.69, 9.17) is 4.74 Å². The Bertz CT molecular complexity index is 1340. The highest BCUT2D eigenvalue weighted by Crippen LogP contribution is 2.29. The van der Waals surface area contributed by atoms with E-state index in [1.165, 1.54) is 0 Å². The number of benzene rings is 4. The minimum atomic E-state index is -0.381. The molecule has 0 spiro atoms. The van der Waals surface area contributed by atoms with Crippen LogP contribution in [0.15, 0.2) is 91.0 Å². The number of imide groups is 1. The molecule has 0 saturated heterocycles. The smallest absolute Gasteiger partial charge is 0.266 e. The lowest BCUT2D eigenvalue weighted by Gasteiger charge is -2.15. The van der Waals surface area contributed by atoms with Gasteiger partial charge in [-0.2, -0.15) is 0 Å². The maximum atomic E-state index is 12.7. The number of anilines is 2. The zero-order valence-corrected chi connectivity index (χ0v) is 16.9. The second-order valence-corrected chi connectivity index (χ2v) is 7.39. The third-order valence-corrected chi connectivity index (χ3v) is 5.27. The van der Waals surface area contributed by atoms with Crippen molar-refractivity contribution in [3.8, 4) is 5.75 Å². The number of rotatable bonds is 5. The molecular weight excluding hydrogens is 404 g/mol. The fraction of sp³-hybridized carbons (Fsp3) is 0.0385. The molecule has 1 aliphatic rings. The summed E-state index contributed by atoms with van der Waals surface area (Å²) in [4.78, 5) is 38.9. The summed E-state index contributed by atoms with van der Waals surface area (Å²) in [7, 11) is 0. The van der Waals surface area contributed by atoms with Crippen LogP contribution in [0.2, 0.25) is 0 Å². The summed E-state index contributed by atoms with van der Waals surface area (Å²) in [5.74, 6) is -0.515. The number of amides is 3. The topological polar surface area (TPSA) is 75.7 Å². The summed E-state index contributed by atoms with van der Waals surface area (Å²) in [5, 5.41) is 4.87. The van der Waals surface area contributed by atoms with Gasteiger partial charge in [-0.15, -0.1) is 0 Å². The van der Waals surface area contributed by atoms with E-state index in [1.807, 2.05) is 42.5 Å². The average molecular weight is 422 g/mol. The maximum Gasteiger partial charge on any atom is 0.266 e. The van der Waals surface area contributed by atoms with Crippen LogP contribution < -0.4 is 15.0 Å². The Balaban J connectivity index is 1.27. The highest BCUT2D eigenvalue weighted by Gasteiger charge is 2.36. The van der Waals surface area contributed by atoms with Gasteiger partial charge in [0.15, 0.2) is 6.61 Å². The summed E-state index contributed by atoms with van der Waals surface area (Å²) < 4.78 is 5.62. The molecule has 4 aromatic carbocycles. The van der Waals surface area contributed by atoms with Crippen molar-refractivity contribution in [2.45, 2.75) is 0 Å². The first-order valence-electron chi connectivity index (χ1n) is 10.1. The molecule has 5 rings (SSSR count). The van der Waals surface area contributed by atoms with E-state index in [0.29, 0.717) is 28.3 Å². The first-order chi connectivity index (χ1) is 15.6. The van der Waals surface area contributed by atoms with Gasteiger partial charge in [-0.1, -0.05) is 48.5 Å². The Morgan fingerprint density at radius 1 is 0.750 bits per heavy atom. The number of carbonyl (C=O) groups is 3. The van der Waals surface area contributed by atoms with Gasteiger partial charge in [0.1, 0.15) is 5.75 Å². The van der Waals surface area contributed by atoms with Gasteiger partial charge in [-0.05, 0) is 53.2 Å². The first-order valence-corrected chi connectivity index (χ1v) is 10.1. The first kappa shape index (κ1) is 19.5. The molecule has 0 atom stereocenters. The van der Waals surface area contributed by atoms with Crippen LogP contribution in [0.5, 0.6) is 5.75 Å². The van der Waals surface area contributed by atoms with E-state index < -0.39 is 0 Å². The van der Waals surface area contributed by atoms with Crippen LogP contribution in [0, 0.1) is 0 Å². The van der Waals surface area contributed by atoms with Crippen LogP contribution >= 0.6 is 0 Å². The minimum absolute atomic E-state index is 0.171. The Morgan fingerprint density at radius 3 is 2.19 bits per heavy atom. The maximum absolute atomic E-state index is 12.7. The third-order valence-electron chi connectivity index (χ3n) is 5.27. The van der Waals surface area contributed by atoms with Gasteiger partial charge in [0.2, 0.25) is 0 Å². The van der Waals surface area contributed by atoms with E-state index in [1.54, 1.807) is 48.5 Å². The zero-order valence-electron chi connectivity index (χ0n) is 16.9. The molecule has 1 aliphatic heterocycles. The van der Waals surface area contributed by atoms with Gasteiger partial charge >= 0.3 is 0 Å². The molecule has 0 saturated carbocycles. The molecule has 4 aromatic rings. The van der Waals surface area contributed by atoms with Gasteiger partial charge in [0.05, 0.1) is 16.8 Å².